The summed E-state index contributed by atoms with van der Waals surface area (Å²) in [6.07, 6.45) is 6.46. The van der Waals surface area contributed by atoms with Crippen molar-refractivity contribution >= 4 is 17.0 Å². The van der Waals surface area contributed by atoms with Gasteiger partial charge < -0.3 is 9.30 Å². The van der Waals surface area contributed by atoms with Crippen LogP contribution in [0, 0.1) is 0 Å². The van der Waals surface area contributed by atoms with Crippen LogP contribution in [0.2, 0.25) is 0 Å². The molecule has 1 aliphatic rings. The molecule has 0 saturated heterocycles. The highest BCUT2D eigenvalue weighted by Gasteiger charge is 2.20. The molecule has 3 aromatic rings. The Labute approximate surface area is 165 Å². The zero-order valence-corrected chi connectivity index (χ0v) is 16.6. The highest BCUT2D eigenvalue weighted by molar-refractivity contribution is 7.07. The predicted molar refractivity (Wildman–Crippen MR) is 113 cm³/mol. The molecule has 0 N–H and O–H groups in total. The van der Waals surface area contributed by atoms with Crippen LogP contribution in [-0.4, -0.2) is 11.2 Å². The van der Waals surface area contributed by atoms with Crippen molar-refractivity contribution in [3.63, 3.8) is 0 Å². The van der Waals surface area contributed by atoms with Crippen molar-refractivity contribution < 1.29 is 4.74 Å². The van der Waals surface area contributed by atoms with Crippen LogP contribution in [0.25, 0.3) is 11.3 Å². The zero-order valence-electron chi connectivity index (χ0n) is 15.8. The quantitative estimate of drug-likeness (QED) is 0.508. The lowest BCUT2D eigenvalue weighted by atomic mass is 9.95. The Balaban J connectivity index is 1.76. The minimum atomic E-state index is 0.543. The maximum absolute atomic E-state index is 5.55. The molecule has 27 heavy (non-hydrogen) atoms. The van der Waals surface area contributed by atoms with Crippen LogP contribution < -0.4 is 9.54 Å². The van der Waals surface area contributed by atoms with Crippen LogP contribution in [0.1, 0.15) is 45.1 Å². The summed E-state index contributed by atoms with van der Waals surface area (Å²) >= 11 is 1.74. The van der Waals surface area contributed by atoms with Crippen molar-refractivity contribution in [3.05, 3.63) is 64.8 Å². The van der Waals surface area contributed by atoms with Crippen LogP contribution in [0.15, 0.2) is 65.0 Å². The molecule has 140 valence electrons. The molecule has 1 saturated carbocycles. The van der Waals surface area contributed by atoms with Crippen molar-refractivity contribution in [1.29, 1.82) is 0 Å². The van der Waals surface area contributed by atoms with Gasteiger partial charge in [-0.1, -0.05) is 49.6 Å². The van der Waals surface area contributed by atoms with E-state index in [2.05, 4.69) is 40.3 Å². The van der Waals surface area contributed by atoms with E-state index in [9.17, 15) is 0 Å². The average molecular weight is 379 g/mol. The van der Waals surface area contributed by atoms with Crippen LogP contribution in [-0.2, 0) is 0 Å². The molecule has 0 amide bonds. The first-order chi connectivity index (χ1) is 13.3. The van der Waals surface area contributed by atoms with Crippen LogP contribution in [0.5, 0.6) is 5.75 Å². The largest absolute Gasteiger partial charge is 0.494 e. The van der Waals surface area contributed by atoms with Crippen LogP contribution in [0.3, 0.4) is 0 Å². The fourth-order valence-corrected chi connectivity index (χ4v) is 4.79. The van der Waals surface area contributed by atoms with E-state index in [0.29, 0.717) is 12.6 Å². The molecule has 0 bridgehead atoms. The lowest BCUT2D eigenvalue weighted by Crippen LogP contribution is -2.23. The van der Waals surface area contributed by atoms with Crippen molar-refractivity contribution in [2.75, 3.05) is 6.61 Å². The Hall–Kier alpha value is -2.33. The van der Waals surface area contributed by atoms with E-state index in [-0.39, 0.29) is 0 Å². The SMILES string of the molecule is CCOc1ccc(N=c2scc(-c3ccccc3)n2C2CCCCC2)cc1. The van der Waals surface area contributed by atoms with Crippen LogP contribution >= 0.6 is 11.3 Å². The second kappa shape index (κ2) is 8.57. The predicted octanol–water partition coefficient (Wildman–Crippen LogP) is 6.35. The number of thiazole rings is 1. The summed E-state index contributed by atoms with van der Waals surface area (Å²) in [6.45, 7) is 2.69. The topological polar surface area (TPSA) is 26.5 Å². The molecule has 1 fully saturated rings. The van der Waals surface area contributed by atoms with Gasteiger partial charge in [-0.05, 0) is 49.6 Å². The normalized spacial score (nSPS) is 15.8. The molecule has 0 radical (unpaired) electrons. The number of hydrogen-bond acceptors (Lipinski definition) is 3. The highest BCUT2D eigenvalue weighted by atomic mass is 32.1. The Kier molecular flexibility index (Phi) is 5.73. The molecule has 0 unspecified atom stereocenters. The summed E-state index contributed by atoms with van der Waals surface area (Å²) in [5.41, 5.74) is 3.54. The number of nitrogens with zero attached hydrogens (tertiary/aromatic N) is 2. The molecule has 1 aliphatic carbocycles. The van der Waals surface area contributed by atoms with Gasteiger partial charge in [0.15, 0.2) is 4.80 Å². The van der Waals surface area contributed by atoms with E-state index in [1.165, 1.54) is 43.4 Å². The fourth-order valence-electron chi connectivity index (χ4n) is 3.81. The second-order valence-electron chi connectivity index (χ2n) is 6.97. The van der Waals surface area contributed by atoms with Crippen molar-refractivity contribution in [1.82, 2.24) is 4.57 Å². The molecule has 0 aliphatic heterocycles. The van der Waals surface area contributed by atoms with Gasteiger partial charge in [-0.3, -0.25) is 0 Å². The molecule has 0 spiro atoms. The standard InChI is InChI=1S/C23H26N2OS/c1-2-26-21-15-13-19(14-16-21)24-23-25(20-11-7-4-8-12-20)22(17-27-23)18-9-5-3-6-10-18/h3,5-6,9-10,13-17,20H,2,4,7-8,11-12H2,1H3. The summed E-state index contributed by atoms with van der Waals surface area (Å²) < 4.78 is 8.03. The average Bonchev–Trinajstić information content (AvgIpc) is 3.14. The van der Waals surface area contributed by atoms with E-state index in [1.807, 2.05) is 31.2 Å². The van der Waals surface area contributed by atoms with Crippen LogP contribution in [0.4, 0.5) is 5.69 Å². The van der Waals surface area contributed by atoms with E-state index in [4.69, 9.17) is 9.73 Å². The summed E-state index contributed by atoms with van der Waals surface area (Å²) in [4.78, 5) is 6.08. The monoisotopic (exact) mass is 378 g/mol. The molecule has 4 heteroatoms. The first-order valence-corrected chi connectivity index (χ1v) is 10.8. The van der Waals surface area contributed by atoms with Gasteiger partial charge in [0.05, 0.1) is 18.0 Å². The number of hydrogen-bond donors (Lipinski definition) is 0. The summed E-state index contributed by atoms with van der Waals surface area (Å²) in [6, 6.07) is 19.3. The fraction of sp³-hybridized carbons (Fsp3) is 0.348. The Morgan fingerprint density at radius 1 is 1.00 bits per heavy atom. The van der Waals surface area contributed by atoms with Gasteiger partial charge in [-0.15, -0.1) is 11.3 Å². The first kappa shape index (κ1) is 18.1. The summed E-state index contributed by atoms with van der Waals surface area (Å²) in [5, 5.41) is 2.26. The van der Waals surface area contributed by atoms with E-state index in [1.54, 1.807) is 11.3 Å². The molecule has 4 rings (SSSR count). The Bertz CT molecular complexity index is 919. The van der Waals surface area contributed by atoms with Gasteiger partial charge >= 0.3 is 0 Å². The lowest BCUT2D eigenvalue weighted by Gasteiger charge is -2.25. The Morgan fingerprint density at radius 3 is 2.44 bits per heavy atom. The van der Waals surface area contributed by atoms with Gasteiger partial charge in [0.25, 0.3) is 0 Å². The maximum Gasteiger partial charge on any atom is 0.190 e. The van der Waals surface area contributed by atoms with Crippen molar-refractivity contribution in [2.45, 2.75) is 45.1 Å². The third-order valence-electron chi connectivity index (χ3n) is 5.12. The number of benzene rings is 2. The minimum absolute atomic E-state index is 0.543. The summed E-state index contributed by atoms with van der Waals surface area (Å²) in [5.74, 6) is 0.896. The van der Waals surface area contributed by atoms with Gasteiger partial charge in [0.1, 0.15) is 5.75 Å². The molecular weight excluding hydrogens is 352 g/mol. The number of aromatic nitrogens is 1. The maximum atomic E-state index is 5.55. The van der Waals surface area contributed by atoms with Gasteiger partial charge in [0.2, 0.25) is 0 Å². The minimum Gasteiger partial charge on any atom is -0.494 e. The molecule has 0 atom stereocenters. The smallest absolute Gasteiger partial charge is 0.190 e. The highest BCUT2D eigenvalue weighted by Crippen LogP contribution is 2.32. The molecule has 3 nitrogen and oxygen atoms in total. The third kappa shape index (κ3) is 4.16. The first-order valence-electron chi connectivity index (χ1n) is 9.88. The van der Waals surface area contributed by atoms with Gasteiger partial charge in [-0.25, -0.2) is 4.99 Å². The van der Waals surface area contributed by atoms with Crippen molar-refractivity contribution in [3.8, 4) is 17.0 Å². The number of ether oxygens (including phenoxy) is 1. The number of rotatable bonds is 5. The lowest BCUT2D eigenvalue weighted by molar-refractivity contribution is 0.340. The van der Waals surface area contributed by atoms with E-state index < -0.39 is 0 Å². The molecule has 1 aromatic heterocycles. The van der Waals surface area contributed by atoms with Gasteiger partial charge in [0, 0.05) is 11.4 Å². The molecular formula is C23H26N2OS. The van der Waals surface area contributed by atoms with E-state index in [0.717, 1.165) is 16.2 Å². The summed E-state index contributed by atoms with van der Waals surface area (Å²) in [7, 11) is 0. The third-order valence-corrected chi connectivity index (χ3v) is 5.96. The van der Waals surface area contributed by atoms with E-state index >= 15 is 0 Å². The van der Waals surface area contributed by atoms with Crippen molar-refractivity contribution in [2.24, 2.45) is 4.99 Å². The van der Waals surface area contributed by atoms with Gasteiger partial charge in [-0.2, -0.15) is 0 Å². The zero-order chi connectivity index (χ0) is 18.5. The molecule has 1 heterocycles. The molecule has 2 aromatic carbocycles. The Morgan fingerprint density at radius 2 is 1.74 bits per heavy atom. The second-order valence-corrected chi connectivity index (χ2v) is 7.81.